The molecule has 0 heterocycles. The van der Waals surface area contributed by atoms with Crippen molar-refractivity contribution in [3.05, 3.63) is 91.0 Å². The largest absolute Gasteiger partial charge is 0.224 e. The molecule has 2 unspecified atom stereocenters. The minimum Gasteiger partial charge on any atom is -0.224 e. The highest BCUT2D eigenvalue weighted by Gasteiger charge is 2.43. The van der Waals surface area contributed by atoms with Crippen molar-refractivity contribution >= 4 is 29.5 Å². The maximum Gasteiger partial charge on any atom is 0.183 e. The van der Waals surface area contributed by atoms with E-state index in [-0.39, 0.29) is 14.7 Å². The quantitative estimate of drug-likeness (QED) is 0.493. The van der Waals surface area contributed by atoms with Gasteiger partial charge >= 0.3 is 0 Å². The summed E-state index contributed by atoms with van der Waals surface area (Å²) in [5, 5.41) is -3.20. The molecule has 0 radical (unpaired) electrons. The van der Waals surface area contributed by atoms with Gasteiger partial charge in [0.25, 0.3) is 0 Å². The van der Waals surface area contributed by atoms with Gasteiger partial charge in [-0.25, -0.2) is 25.3 Å². The van der Waals surface area contributed by atoms with Gasteiger partial charge in [-0.2, -0.15) is 0 Å². The van der Waals surface area contributed by atoms with Crippen molar-refractivity contribution < 1.29 is 25.3 Å². The van der Waals surface area contributed by atoms with Crippen LogP contribution in [0.25, 0.3) is 0 Å². The summed E-state index contributed by atoms with van der Waals surface area (Å²) in [4.78, 5) is -0.251. The molecule has 3 aromatic carbocycles. The Hall–Kier alpha value is -2.49. The first-order chi connectivity index (χ1) is 14.6. The molecular weight excluding hydrogens is 456 g/mol. The molecule has 3 aromatic rings. The molecule has 31 heavy (non-hydrogen) atoms. The van der Waals surface area contributed by atoms with Crippen molar-refractivity contribution in [2.75, 3.05) is 5.75 Å². The van der Waals surface area contributed by atoms with Gasteiger partial charge in [-0.15, -0.1) is 0 Å². The summed E-state index contributed by atoms with van der Waals surface area (Å²) in [7, 11) is -12.5. The zero-order chi connectivity index (χ0) is 22.7. The van der Waals surface area contributed by atoms with Crippen molar-refractivity contribution in [3.63, 3.8) is 0 Å². The third-order valence-corrected chi connectivity index (χ3v) is 11.8. The first-order valence-electron chi connectivity index (χ1n) is 9.42. The Kier molecular flexibility index (Phi) is 6.68. The van der Waals surface area contributed by atoms with Crippen LogP contribution in [0.2, 0.25) is 0 Å². The van der Waals surface area contributed by atoms with E-state index in [4.69, 9.17) is 0 Å². The molecule has 6 nitrogen and oxygen atoms in total. The lowest BCUT2D eigenvalue weighted by Gasteiger charge is -2.24. The number of sulfone groups is 3. The van der Waals surface area contributed by atoms with Gasteiger partial charge in [0.2, 0.25) is 0 Å². The van der Waals surface area contributed by atoms with Gasteiger partial charge in [0.05, 0.1) is 30.9 Å². The second-order valence-corrected chi connectivity index (χ2v) is 13.6. The maximum atomic E-state index is 13.4. The minimum atomic E-state index is -4.29. The Morgan fingerprint density at radius 1 is 0.548 bits per heavy atom. The van der Waals surface area contributed by atoms with E-state index in [0.717, 1.165) is 0 Å². The monoisotopic (exact) mass is 478 g/mol. The average molecular weight is 479 g/mol. The fraction of sp³-hybridized carbons (Fsp3) is 0.182. The molecule has 3 rings (SSSR count). The van der Waals surface area contributed by atoms with Crippen molar-refractivity contribution in [3.8, 4) is 0 Å². The molecule has 0 saturated heterocycles. The number of hydrogen-bond acceptors (Lipinski definition) is 6. The van der Waals surface area contributed by atoms with E-state index in [9.17, 15) is 25.3 Å². The number of rotatable bonds is 8. The molecular formula is C22H22O6S3. The van der Waals surface area contributed by atoms with Gasteiger partial charge in [-0.05, 0) is 43.3 Å². The van der Waals surface area contributed by atoms with Crippen molar-refractivity contribution in [1.82, 2.24) is 0 Å². The van der Waals surface area contributed by atoms with Crippen LogP contribution in [-0.2, 0) is 29.5 Å². The van der Waals surface area contributed by atoms with Crippen LogP contribution in [-0.4, -0.2) is 41.5 Å². The first-order valence-corrected chi connectivity index (χ1v) is 14.2. The Balaban J connectivity index is 2.13. The van der Waals surface area contributed by atoms with Crippen LogP contribution in [0.15, 0.2) is 106 Å². The molecule has 0 fully saturated rings. The summed E-state index contributed by atoms with van der Waals surface area (Å²) in [6.07, 6.45) is 0. The van der Waals surface area contributed by atoms with Gasteiger partial charge in [0.15, 0.2) is 29.5 Å². The Labute approximate surface area is 183 Å². The van der Waals surface area contributed by atoms with E-state index in [1.54, 1.807) is 18.2 Å². The molecule has 0 bridgehead atoms. The Morgan fingerprint density at radius 2 is 0.903 bits per heavy atom. The van der Waals surface area contributed by atoms with Gasteiger partial charge in [-0.3, -0.25) is 0 Å². The smallest absolute Gasteiger partial charge is 0.183 e. The van der Waals surface area contributed by atoms with E-state index < -0.39 is 45.8 Å². The third-order valence-electron chi connectivity index (χ3n) is 5.04. The van der Waals surface area contributed by atoms with E-state index >= 15 is 0 Å². The average Bonchev–Trinajstić information content (AvgIpc) is 2.78. The summed E-state index contributed by atoms with van der Waals surface area (Å²) in [6.45, 7) is 1.24. The van der Waals surface area contributed by atoms with Crippen LogP contribution < -0.4 is 0 Å². The fourth-order valence-electron chi connectivity index (χ4n) is 3.23. The summed E-state index contributed by atoms with van der Waals surface area (Å²) in [5.74, 6) is -0.860. The normalized spacial score (nSPS) is 14.6. The standard InChI is InChI=1S/C22H22O6S3/c1-18(30(25,26)20-13-7-3-8-14-20)22(31(27,28)21-15-9-4-10-16-21)17-29(23,24)19-11-5-2-6-12-19/h2-16,18,22H,17H2,1H3. The zero-order valence-corrected chi connectivity index (χ0v) is 19.1. The first kappa shape index (κ1) is 23.2. The molecule has 9 heteroatoms. The minimum absolute atomic E-state index is 0.0622. The van der Waals surface area contributed by atoms with Gasteiger partial charge in [-0.1, -0.05) is 54.6 Å². The van der Waals surface area contributed by atoms with E-state index in [2.05, 4.69) is 0 Å². The number of hydrogen-bond donors (Lipinski definition) is 0. The van der Waals surface area contributed by atoms with Gasteiger partial charge in [0, 0.05) is 0 Å². The van der Waals surface area contributed by atoms with Crippen LogP contribution in [0, 0.1) is 0 Å². The second-order valence-electron chi connectivity index (χ2n) is 7.05. The Morgan fingerprint density at radius 3 is 1.32 bits per heavy atom. The highest BCUT2D eigenvalue weighted by Crippen LogP contribution is 2.28. The number of benzene rings is 3. The van der Waals surface area contributed by atoms with Crippen LogP contribution in [0.5, 0.6) is 0 Å². The van der Waals surface area contributed by atoms with Crippen LogP contribution in [0.4, 0.5) is 0 Å². The van der Waals surface area contributed by atoms with E-state index in [1.165, 1.54) is 79.7 Å². The summed E-state index contributed by atoms with van der Waals surface area (Å²) in [6, 6.07) is 22.1. The molecule has 0 aliphatic heterocycles. The topological polar surface area (TPSA) is 102 Å². The molecule has 0 N–H and O–H groups in total. The zero-order valence-electron chi connectivity index (χ0n) is 16.7. The SMILES string of the molecule is CC(C(CS(=O)(=O)c1ccccc1)S(=O)(=O)c1ccccc1)S(=O)(=O)c1ccccc1. The lowest BCUT2D eigenvalue weighted by atomic mass is 10.3. The van der Waals surface area contributed by atoms with Gasteiger partial charge in [0.1, 0.15) is 0 Å². The molecule has 0 amide bonds. The third kappa shape index (κ3) is 4.89. The summed E-state index contributed by atoms with van der Waals surface area (Å²) in [5.41, 5.74) is 0. The second kappa shape index (κ2) is 8.94. The highest BCUT2D eigenvalue weighted by atomic mass is 32.2. The Bertz CT molecular complexity index is 1330. The summed E-state index contributed by atoms with van der Waals surface area (Å²) < 4.78 is 79.4. The molecule has 0 aliphatic rings. The van der Waals surface area contributed by atoms with E-state index in [1.807, 2.05) is 0 Å². The molecule has 0 saturated carbocycles. The maximum absolute atomic E-state index is 13.4. The summed E-state index contributed by atoms with van der Waals surface area (Å²) >= 11 is 0. The van der Waals surface area contributed by atoms with E-state index in [0.29, 0.717) is 0 Å². The van der Waals surface area contributed by atoms with Crippen molar-refractivity contribution in [1.29, 1.82) is 0 Å². The lowest BCUT2D eigenvalue weighted by Crippen LogP contribution is -2.42. The molecule has 0 spiro atoms. The molecule has 164 valence electrons. The predicted octanol–water partition coefficient (Wildman–Crippen LogP) is 3.17. The van der Waals surface area contributed by atoms with Crippen molar-refractivity contribution in [2.45, 2.75) is 32.1 Å². The van der Waals surface area contributed by atoms with Crippen LogP contribution >= 0.6 is 0 Å². The predicted molar refractivity (Wildman–Crippen MR) is 119 cm³/mol. The van der Waals surface area contributed by atoms with Crippen LogP contribution in [0.1, 0.15) is 6.92 Å². The lowest BCUT2D eigenvalue weighted by molar-refractivity contribution is 0.556. The van der Waals surface area contributed by atoms with Gasteiger partial charge < -0.3 is 0 Å². The molecule has 2 atom stereocenters. The molecule has 0 aromatic heterocycles. The highest BCUT2D eigenvalue weighted by molar-refractivity contribution is 7.98. The van der Waals surface area contributed by atoms with Crippen LogP contribution in [0.3, 0.4) is 0 Å². The van der Waals surface area contributed by atoms with Crippen molar-refractivity contribution in [2.24, 2.45) is 0 Å². The molecule has 0 aliphatic carbocycles. The fourth-order valence-corrected chi connectivity index (χ4v) is 9.82.